The summed E-state index contributed by atoms with van der Waals surface area (Å²) in [5.74, 6) is -0.0164. The molecule has 1 atom stereocenters. The molecule has 0 saturated carbocycles. The van der Waals surface area contributed by atoms with Crippen LogP contribution in [0.15, 0.2) is 47.1 Å². The summed E-state index contributed by atoms with van der Waals surface area (Å²) in [5, 5.41) is 0. The smallest absolute Gasteiger partial charge is 0.340 e. The Balaban J connectivity index is 2.16. The first-order valence-corrected chi connectivity index (χ1v) is 8.31. The molecule has 0 saturated heterocycles. The number of hydrogen-bond acceptors (Lipinski definition) is 6. The first-order valence-electron chi connectivity index (χ1n) is 8.31. The number of ether oxygens (including phenoxy) is 3. The lowest BCUT2D eigenvalue weighted by molar-refractivity contribution is -0.139. The molecule has 25 heavy (non-hydrogen) atoms. The zero-order valence-corrected chi connectivity index (χ0v) is 14.3. The highest BCUT2D eigenvalue weighted by Crippen LogP contribution is 2.44. The van der Waals surface area contributed by atoms with E-state index in [2.05, 4.69) is 0 Å². The van der Waals surface area contributed by atoms with Crippen LogP contribution in [0.4, 0.5) is 0 Å². The van der Waals surface area contributed by atoms with E-state index in [1.54, 1.807) is 26.2 Å². The molecule has 2 N–H and O–H groups in total. The molecule has 1 aliphatic heterocycles. The Labute approximate surface area is 146 Å². The van der Waals surface area contributed by atoms with Crippen molar-refractivity contribution in [2.45, 2.75) is 32.1 Å². The molecule has 0 spiro atoms. The van der Waals surface area contributed by atoms with Crippen molar-refractivity contribution in [2.75, 3.05) is 13.7 Å². The monoisotopic (exact) mass is 343 g/mol. The summed E-state index contributed by atoms with van der Waals surface area (Å²) in [6.07, 6.45) is 1.77. The molecule has 0 aromatic heterocycles. The topological polar surface area (TPSA) is 87.9 Å². The number of allylic oxidation sites excluding steroid dienone is 2. The maximum absolute atomic E-state index is 12.6. The van der Waals surface area contributed by atoms with Crippen LogP contribution in [0, 0.1) is 0 Å². The van der Waals surface area contributed by atoms with Crippen LogP contribution in [0.25, 0.3) is 0 Å². The third-order valence-corrected chi connectivity index (χ3v) is 4.41. The van der Waals surface area contributed by atoms with Gasteiger partial charge in [-0.25, -0.2) is 4.79 Å². The number of hydrogen-bond donors (Lipinski definition) is 1. The highest BCUT2D eigenvalue weighted by Gasteiger charge is 2.41. The average Bonchev–Trinajstić information content (AvgIpc) is 2.61. The number of rotatable bonds is 4. The number of Topliss-reactive ketones (excluding diaryl/α,β-unsaturated/α-hetero) is 1. The van der Waals surface area contributed by atoms with Crippen molar-refractivity contribution >= 4 is 11.8 Å². The molecule has 1 aliphatic carbocycles. The molecule has 3 rings (SSSR count). The van der Waals surface area contributed by atoms with Crippen LogP contribution < -0.4 is 10.5 Å². The van der Waals surface area contributed by atoms with Crippen molar-refractivity contribution in [3.63, 3.8) is 0 Å². The summed E-state index contributed by atoms with van der Waals surface area (Å²) >= 11 is 0. The number of carbonyl (C=O) groups excluding carboxylic acids is 2. The van der Waals surface area contributed by atoms with Crippen LogP contribution in [0.2, 0.25) is 0 Å². The molecule has 1 heterocycles. The number of methoxy groups -OCH3 is 1. The van der Waals surface area contributed by atoms with E-state index in [0.29, 0.717) is 36.3 Å². The summed E-state index contributed by atoms with van der Waals surface area (Å²) < 4.78 is 16.1. The number of nitrogens with two attached hydrogens (primary N) is 1. The first kappa shape index (κ1) is 17.1. The molecule has 1 aromatic carbocycles. The normalized spacial score (nSPS) is 20.1. The average molecular weight is 343 g/mol. The summed E-state index contributed by atoms with van der Waals surface area (Å²) in [6, 6.07) is 7.26. The van der Waals surface area contributed by atoms with E-state index < -0.39 is 11.9 Å². The van der Waals surface area contributed by atoms with E-state index in [1.165, 1.54) is 0 Å². The predicted octanol–water partition coefficient (Wildman–Crippen LogP) is 2.55. The van der Waals surface area contributed by atoms with Gasteiger partial charge in [-0.1, -0.05) is 12.1 Å². The Morgan fingerprint density at radius 2 is 2.16 bits per heavy atom. The van der Waals surface area contributed by atoms with Gasteiger partial charge in [-0.3, -0.25) is 4.79 Å². The van der Waals surface area contributed by atoms with Crippen LogP contribution in [0.1, 0.15) is 37.7 Å². The van der Waals surface area contributed by atoms with Crippen molar-refractivity contribution in [3.8, 4) is 5.75 Å². The summed E-state index contributed by atoms with van der Waals surface area (Å²) in [6.45, 7) is 1.93. The van der Waals surface area contributed by atoms with Gasteiger partial charge in [0.1, 0.15) is 17.1 Å². The Kier molecular flexibility index (Phi) is 4.79. The van der Waals surface area contributed by atoms with Gasteiger partial charge in [-0.05, 0) is 31.0 Å². The Bertz CT molecular complexity index is 778. The van der Waals surface area contributed by atoms with Crippen molar-refractivity contribution in [2.24, 2.45) is 5.73 Å². The maximum Gasteiger partial charge on any atom is 0.340 e. The summed E-state index contributed by atoms with van der Waals surface area (Å²) in [5.41, 5.74) is 7.45. The minimum atomic E-state index is -0.606. The van der Waals surface area contributed by atoms with Crippen LogP contribution in [0.3, 0.4) is 0 Å². The fraction of sp³-hybridized carbons (Fsp3) is 0.368. The van der Waals surface area contributed by atoms with Gasteiger partial charge < -0.3 is 19.9 Å². The van der Waals surface area contributed by atoms with Gasteiger partial charge in [0.2, 0.25) is 5.88 Å². The van der Waals surface area contributed by atoms with E-state index in [0.717, 1.165) is 5.56 Å². The van der Waals surface area contributed by atoms with Crippen LogP contribution >= 0.6 is 0 Å². The van der Waals surface area contributed by atoms with Crippen molar-refractivity contribution in [3.05, 3.63) is 52.6 Å². The summed E-state index contributed by atoms with van der Waals surface area (Å²) in [4.78, 5) is 25.1. The second-order valence-corrected chi connectivity index (χ2v) is 5.92. The van der Waals surface area contributed by atoms with E-state index in [-0.39, 0.29) is 23.8 Å². The number of esters is 1. The predicted molar refractivity (Wildman–Crippen MR) is 90.6 cm³/mol. The Morgan fingerprint density at radius 3 is 2.88 bits per heavy atom. The van der Waals surface area contributed by atoms with Crippen molar-refractivity contribution < 1.29 is 23.8 Å². The van der Waals surface area contributed by atoms with Crippen molar-refractivity contribution in [1.29, 1.82) is 0 Å². The standard InChI is InChI=1S/C19H21NO5/c1-3-24-19(22)17-15(11-6-4-7-12(10-11)23-2)16-13(21)8-5-9-14(16)25-18(17)20/h4,6-7,10,15H,3,5,8-9,20H2,1-2H3/t15-/m0/s1. The van der Waals surface area contributed by atoms with Gasteiger partial charge >= 0.3 is 5.97 Å². The fourth-order valence-corrected chi connectivity index (χ4v) is 3.32. The molecule has 0 radical (unpaired) electrons. The zero-order chi connectivity index (χ0) is 18.0. The summed E-state index contributed by atoms with van der Waals surface area (Å²) in [7, 11) is 1.57. The van der Waals surface area contributed by atoms with Gasteiger partial charge in [0, 0.05) is 18.4 Å². The molecule has 0 unspecified atom stereocenters. The van der Waals surface area contributed by atoms with E-state index in [4.69, 9.17) is 19.9 Å². The molecule has 1 aromatic rings. The van der Waals surface area contributed by atoms with E-state index in [1.807, 2.05) is 12.1 Å². The van der Waals surface area contributed by atoms with Crippen LogP contribution in [-0.4, -0.2) is 25.5 Å². The van der Waals surface area contributed by atoms with Crippen molar-refractivity contribution in [1.82, 2.24) is 0 Å². The first-order chi connectivity index (χ1) is 12.1. The lowest BCUT2D eigenvalue weighted by atomic mass is 9.77. The molecular formula is C19H21NO5. The van der Waals surface area contributed by atoms with Crippen LogP contribution in [-0.2, 0) is 19.1 Å². The quantitative estimate of drug-likeness (QED) is 0.845. The minimum absolute atomic E-state index is 0.000259. The zero-order valence-electron chi connectivity index (χ0n) is 14.3. The second kappa shape index (κ2) is 7.01. The third kappa shape index (κ3) is 3.12. The molecule has 6 nitrogen and oxygen atoms in total. The Hall–Kier alpha value is -2.76. The molecule has 0 amide bonds. The molecular weight excluding hydrogens is 322 g/mol. The van der Waals surface area contributed by atoms with Gasteiger partial charge in [0.05, 0.1) is 19.6 Å². The largest absolute Gasteiger partial charge is 0.497 e. The molecule has 2 aliphatic rings. The van der Waals surface area contributed by atoms with E-state index in [9.17, 15) is 9.59 Å². The van der Waals surface area contributed by atoms with Crippen LogP contribution in [0.5, 0.6) is 5.75 Å². The molecule has 0 bridgehead atoms. The lowest BCUT2D eigenvalue weighted by Gasteiger charge is -2.32. The van der Waals surface area contributed by atoms with E-state index >= 15 is 0 Å². The lowest BCUT2D eigenvalue weighted by Crippen LogP contribution is -2.31. The number of ketones is 1. The maximum atomic E-state index is 12.6. The van der Waals surface area contributed by atoms with Gasteiger partial charge in [0.15, 0.2) is 5.78 Å². The van der Waals surface area contributed by atoms with Gasteiger partial charge in [-0.2, -0.15) is 0 Å². The highest BCUT2D eigenvalue weighted by molar-refractivity contribution is 6.03. The molecule has 6 heteroatoms. The number of benzene rings is 1. The molecule has 132 valence electrons. The Morgan fingerprint density at radius 1 is 1.36 bits per heavy atom. The number of carbonyl (C=O) groups is 2. The fourth-order valence-electron chi connectivity index (χ4n) is 3.32. The molecule has 0 fully saturated rings. The van der Waals surface area contributed by atoms with Gasteiger partial charge in [0.25, 0.3) is 0 Å². The van der Waals surface area contributed by atoms with Gasteiger partial charge in [-0.15, -0.1) is 0 Å². The second-order valence-electron chi connectivity index (χ2n) is 5.92. The SMILES string of the molecule is CCOC(=O)C1=C(N)OC2=C(C(=O)CCC2)[C@@H]1c1cccc(OC)c1. The minimum Gasteiger partial charge on any atom is -0.497 e. The highest BCUT2D eigenvalue weighted by atomic mass is 16.5. The third-order valence-electron chi connectivity index (χ3n) is 4.41.